The first-order valence-electron chi connectivity index (χ1n) is 11.0. The Morgan fingerprint density at radius 2 is 1.64 bits per heavy atom. The molecule has 1 saturated heterocycles. The maximum atomic E-state index is 12.7. The summed E-state index contributed by atoms with van der Waals surface area (Å²) in [4.78, 5) is 28.6. The van der Waals surface area contributed by atoms with Crippen LogP contribution < -0.4 is 5.32 Å². The highest BCUT2D eigenvalue weighted by atomic mass is 32.2. The maximum Gasteiger partial charge on any atom is 0.243 e. The van der Waals surface area contributed by atoms with E-state index in [1.165, 1.54) is 43.8 Å². The van der Waals surface area contributed by atoms with E-state index in [0.29, 0.717) is 12.1 Å². The number of benzene rings is 2. The molecule has 1 N–H and O–H groups in total. The summed E-state index contributed by atoms with van der Waals surface area (Å²) in [5.74, 6) is -0.523. The molecule has 2 aromatic carbocycles. The van der Waals surface area contributed by atoms with Gasteiger partial charge in [-0.2, -0.15) is 4.31 Å². The lowest BCUT2D eigenvalue weighted by atomic mass is 10.1. The zero-order chi connectivity index (χ0) is 24.0. The Morgan fingerprint density at radius 1 is 1.00 bits per heavy atom. The summed E-state index contributed by atoms with van der Waals surface area (Å²) in [6.07, 6.45) is 0. The van der Waals surface area contributed by atoms with Gasteiger partial charge in [0.15, 0.2) is 5.78 Å². The molecule has 1 amide bonds. The van der Waals surface area contributed by atoms with E-state index in [0.717, 1.165) is 42.6 Å². The molecule has 0 radical (unpaired) electrons. The van der Waals surface area contributed by atoms with E-state index in [1.54, 1.807) is 0 Å². The molecular weight excluding hydrogens is 440 g/mol. The highest BCUT2D eigenvalue weighted by molar-refractivity contribution is 7.89. The highest BCUT2D eigenvalue weighted by Crippen LogP contribution is 2.15. The fraction of sp³-hybridized carbons (Fsp3) is 0.417. The smallest absolute Gasteiger partial charge is 0.243 e. The minimum Gasteiger partial charge on any atom is -0.351 e. The first-order valence-corrected chi connectivity index (χ1v) is 12.4. The fourth-order valence-electron chi connectivity index (χ4n) is 3.69. The van der Waals surface area contributed by atoms with Crippen LogP contribution in [0.3, 0.4) is 0 Å². The largest absolute Gasteiger partial charge is 0.351 e. The predicted molar refractivity (Wildman–Crippen MR) is 127 cm³/mol. The van der Waals surface area contributed by atoms with Crippen molar-refractivity contribution in [3.63, 3.8) is 0 Å². The van der Waals surface area contributed by atoms with Gasteiger partial charge in [-0.1, -0.05) is 36.4 Å². The number of nitrogens with one attached hydrogen (secondary N) is 1. The minimum absolute atomic E-state index is 0.0411. The lowest BCUT2D eigenvalue weighted by Crippen LogP contribution is -2.43. The minimum atomic E-state index is -3.83. The number of ketones is 1. The Labute approximate surface area is 196 Å². The second-order valence-corrected chi connectivity index (χ2v) is 10.6. The summed E-state index contributed by atoms with van der Waals surface area (Å²) in [7, 11) is -0.336. The summed E-state index contributed by atoms with van der Waals surface area (Å²) in [6.45, 7) is 6.53. The van der Waals surface area contributed by atoms with Crippen molar-refractivity contribution in [1.29, 1.82) is 0 Å². The Morgan fingerprint density at radius 3 is 2.27 bits per heavy atom. The number of nitrogens with zero attached hydrogens (tertiary/aromatic N) is 3. The number of piperazine rings is 1. The number of likely N-dealkylation sites (N-methyl/N-ethyl adjacent to an activating group) is 2. The van der Waals surface area contributed by atoms with Crippen molar-refractivity contribution in [3.05, 3.63) is 65.2 Å². The fourth-order valence-corrected chi connectivity index (χ4v) is 4.81. The van der Waals surface area contributed by atoms with Gasteiger partial charge in [-0.15, -0.1) is 0 Å². The van der Waals surface area contributed by atoms with Crippen molar-refractivity contribution in [2.45, 2.75) is 24.9 Å². The number of Topliss-reactive ketones (excluding diaryl/α,β-unsaturated/α-hetero) is 1. The molecule has 178 valence electrons. The lowest BCUT2D eigenvalue weighted by Gasteiger charge is -2.32. The van der Waals surface area contributed by atoms with E-state index in [2.05, 4.69) is 34.3 Å². The third-order valence-electron chi connectivity index (χ3n) is 5.82. The zero-order valence-corrected chi connectivity index (χ0v) is 20.3. The molecular formula is C24H32N4O4S. The molecule has 9 heteroatoms. The molecule has 1 aliphatic heterocycles. The van der Waals surface area contributed by atoms with Crippen LogP contribution in [0.1, 0.15) is 28.4 Å². The van der Waals surface area contributed by atoms with E-state index >= 15 is 0 Å². The van der Waals surface area contributed by atoms with Crippen LogP contribution in [0.5, 0.6) is 0 Å². The van der Waals surface area contributed by atoms with Crippen LogP contribution in [-0.2, 0) is 27.9 Å². The van der Waals surface area contributed by atoms with Gasteiger partial charge in [0.05, 0.1) is 11.4 Å². The normalized spacial score (nSPS) is 15.5. The number of hydrogen-bond acceptors (Lipinski definition) is 6. The highest BCUT2D eigenvalue weighted by Gasteiger charge is 2.23. The van der Waals surface area contributed by atoms with Crippen LogP contribution >= 0.6 is 0 Å². The average Bonchev–Trinajstić information content (AvgIpc) is 2.79. The topological polar surface area (TPSA) is 90.0 Å². The standard InChI is InChI=1S/C24H32N4O4S/c1-19(29)22-7-9-23(10-8-22)33(31,32)27(3)18-24(30)25-16-20-5-4-6-21(15-20)17-28-13-11-26(2)12-14-28/h4-10,15H,11-14,16-18H2,1-3H3,(H,25,30). The molecule has 0 spiro atoms. The van der Waals surface area contributed by atoms with Crippen LogP contribution in [-0.4, -0.2) is 81.0 Å². The first-order chi connectivity index (χ1) is 15.6. The van der Waals surface area contributed by atoms with Crippen LogP contribution in [0, 0.1) is 0 Å². The number of amides is 1. The Kier molecular flexibility index (Phi) is 8.36. The number of hydrogen-bond donors (Lipinski definition) is 1. The van der Waals surface area contributed by atoms with Crippen LogP contribution in [0.4, 0.5) is 0 Å². The van der Waals surface area contributed by atoms with Gasteiger partial charge in [0, 0.05) is 51.9 Å². The van der Waals surface area contributed by atoms with Crippen molar-refractivity contribution in [3.8, 4) is 0 Å². The molecule has 0 aliphatic carbocycles. The molecule has 33 heavy (non-hydrogen) atoms. The van der Waals surface area contributed by atoms with Gasteiger partial charge >= 0.3 is 0 Å². The van der Waals surface area contributed by atoms with Crippen molar-refractivity contribution in [2.75, 3.05) is 46.8 Å². The second-order valence-electron chi connectivity index (χ2n) is 8.52. The molecule has 3 rings (SSSR count). The third kappa shape index (κ3) is 6.94. The molecule has 0 atom stereocenters. The summed E-state index contributed by atoms with van der Waals surface area (Å²) < 4.78 is 26.5. The van der Waals surface area contributed by atoms with Crippen LogP contribution in [0.25, 0.3) is 0 Å². The van der Waals surface area contributed by atoms with Crippen molar-refractivity contribution < 1.29 is 18.0 Å². The van der Waals surface area contributed by atoms with Gasteiger partial charge in [-0.25, -0.2) is 8.42 Å². The lowest BCUT2D eigenvalue weighted by molar-refractivity contribution is -0.121. The SMILES string of the molecule is CC(=O)c1ccc(S(=O)(=O)N(C)CC(=O)NCc2cccc(CN3CCN(C)CC3)c2)cc1. The molecule has 0 unspecified atom stereocenters. The molecule has 8 nitrogen and oxygen atoms in total. The molecule has 1 heterocycles. The number of sulfonamides is 1. The summed E-state index contributed by atoms with van der Waals surface area (Å²) in [6, 6.07) is 13.8. The van der Waals surface area contributed by atoms with Crippen LogP contribution in [0.2, 0.25) is 0 Å². The molecule has 0 bridgehead atoms. The van der Waals surface area contributed by atoms with Crippen molar-refractivity contribution in [1.82, 2.24) is 19.4 Å². The Balaban J connectivity index is 1.52. The number of carbonyl (C=O) groups excluding carboxylic acids is 2. The van der Waals surface area contributed by atoms with Gasteiger partial charge in [-0.05, 0) is 37.2 Å². The first kappa shape index (κ1) is 25.0. The predicted octanol–water partition coefficient (Wildman–Crippen LogP) is 1.57. The quantitative estimate of drug-likeness (QED) is 0.558. The summed E-state index contributed by atoms with van der Waals surface area (Å²) in [5, 5.41) is 2.80. The van der Waals surface area contributed by atoms with Crippen molar-refractivity contribution in [2.24, 2.45) is 0 Å². The molecule has 0 saturated carbocycles. The van der Waals surface area contributed by atoms with Crippen molar-refractivity contribution >= 4 is 21.7 Å². The monoisotopic (exact) mass is 472 g/mol. The van der Waals surface area contributed by atoms with Gasteiger partial charge in [0.1, 0.15) is 0 Å². The third-order valence-corrected chi connectivity index (χ3v) is 7.64. The zero-order valence-electron chi connectivity index (χ0n) is 19.5. The molecule has 1 aliphatic rings. The van der Waals surface area contributed by atoms with E-state index in [4.69, 9.17) is 0 Å². The number of rotatable bonds is 9. The van der Waals surface area contributed by atoms with Gasteiger partial charge in [0.2, 0.25) is 15.9 Å². The molecule has 2 aromatic rings. The van der Waals surface area contributed by atoms with E-state index in [-0.39, 0.29) is 23.1 Å². The number of carbonyl (C=O) groups is 2. The van der Waals surface area contributed by atoms with Gasteiger partial charge < -0.3 is 10.2 Å². The summed E-state index contributed by atoms with van der Waals surface area (Å²) in [5.41, 5.74) is 2.60. The van der Waals surface area contributed by atoms with E-state index in [1.807, 2.05) is 12.1 Å². The van der Waals surface area contributed by atoms with Crippen LogP contribution in [0.15, 0.2) is 53.4 Å². The Hall–Kier alpha value is -2.59. The maximum absolute atomic E-state index is 12.7. The molecule has 0 aromatic heterocycles. The van der Waals surface area contributed by atoms with Gasteiger partial charge in [-0.3, -0.25) is 14.5 Å². The second kappa shape index (κ2) is 11.0. The molecule has 1 fully saturated rings. The Bertz CT molecular complexity index is 1080. The average molecular weight is 473 g/mol. The van der Waals surface area contributed by atoms with E-state index < -0.39 is 10.0 Å². The van der Waals surface area contributed by atoms with Gasteiger partial charge in [0.25, 0.3) is 0 Å². The van der Waals surface area contributed by atoms with E-state index in [9.17, 15) is 18.0 Å². The summed E-state index contributed by atoms with van der Waals surface area (Å²) >= 11 is 0.